The number of carbonyl (C=O) groups excluding carboxylic acids is 1. The summed E-state index contributed by atoms with van der Waals surface area (Å²) in [7, 11) is 0. The van der Waals surface area contributed by atoms with Gasteiger partial charge in [-0.3, -0.25) is 24.2 Å². The SMILES string of the molecule is CC1CN(Cc2ccccc2)CC1c1nn2c(C34CC5CC(CC(C5)C3)C4)ncc2c(=O)[nH]1.CC1CN(Cc2ccccc2)CC1c1nnc(CNC(=O)C23CC4CC(CC(C4)C2)C3)c(=O)[nH]1. The number of likely N-dealkylation sites (tertiary alicyclic amines) is 2. The van der Waals surface area contributed by atoms with E-state index in [0.29, 0.717) is 46.6 Å². The standard InChI is InChI=1S/C27H35N5O2.C27H33N5O/c1-17-14-32(15-18-5-3-2-4-6-18)16-22(17)24-29-25(33)23(30-31-24)13-28-26(34)27-10-19-7-20(11-27)9-21(8-19)12-27;1-17-14-31(15-18-5-3-2-4-6-18)16-22(17)24-29-25(33)23-13-28-26(32(23)30-24)27-10-19-7-20(11-27)9-21(8-19)12-27/h2-6,17,19-22H,7-16H2,1H3,(H,28,34)(H,29,31,33);2-6,13,17,19-22H,7-12,14-16H2,1H3,(H,29,30,33). The van der Waals surface area contributed by atoms with Crippen LogP contribution in [0.1, 0.15) is 137 Å². The van der Waals surface area contributed by atoms with Crippen LogP contribution in [0.4, 0.5) is 0 Å². The molecule has 4 unspecified atom stereocenters. The van der Waals surface area contributed by atoms with Crippen LogP contribution in [0.2, 0.25) is 0 Å². The summed E-state index contributed by atoms with van der Waals surface area (Å²) in [6.45, 7) is 10.2. The average molecular weight is 905 g/mol. The summed E-state index contributed by atoms with van der Waals surface area (Å²) < 4.78 is 1.95. The number of nitrogens with one attached hydrogen (secondary N) is 3. The van der Waals surface area contributed by atoms with Crippen molar-refractivity contribution in [1.82, 2.24) is 49.9 Å². The number of hydrogen-bond acceptors (Lipinski definition) is 9. The summed E-state index contributed by atoms with van der Waals surface area (Å²) in [5.74, 6) is 8.56. The summed E-state index contributed by atoms with van der Waals surface area (Å²) in [4.78, 5) is 55.0. The van der Waals surface area contributed by atoms with E-state index in [0.717, 1.165) is 87.9 Å². The molecule has 13 heteroatoms. The quantitative estimate of drug-likeness (QED) is 0.130. The van der Waals surface area contributed by atoms with Crippen LogP contribution >= 0.6 is 0 Å². The van der Waals surface area contributed by atoms with E-state index >= 15 is 0 Å². The first-order chi connectivity index (χ1) is 32.5. The second-order valence-electron chi connectivity index (χ2n) is 23.3. The normalized spacial score (nSPS) is 35.0. The molecule has 3 N–H and O–H groups in total. The Morgan fingerprint density at radius 1 is 0.642 bits per heavy atom. The summed E-state index contributed by atoms with van der Waals surface area (Å²) >= 11 is 0. The van der Waals surface area contributed by atoms with E-state index < -0.39 is 0 Å². The van der Waals surface area contributed by atoms with E-state index in [2.05, 4.69) is 104 Å². The molecule has 4 atom stereocenters. The van der Waals surface area contributed by atoms with Gasteiger partial charge in [-0.15, -0.1) is 10.2 Å². The minimum absolute atomic E-state index is 0.0443. The number of hydrogen-bond donors (Lipinski definition) is 3. The lowest BCUT2D eigenvalue weighted by Crippen LogP contribution is -2.53. The number of rotatable bonds is 10. The zero-order valence-corrected chi connectivity index (χ0v) is 39.4. The molecule has 67 heavy (non-hydrogen) atoms. The van der Waals surface area contributed by atoms with Gasteiger partial charge in [-0.25, -0.2) is 9.50 Å². The molecule has 2 saturated heterocycles. The van der Waals surface area contributed by atoms with Crippen molar-refractivity contribution in [3.8, 4) is 0 Å². The van der Waals surface area contributed by atoms with Crippen molar-refractivity contribution in [2.24, 2.45) is 52.8 Å². The highest BCUT2D eigenvalue weighted by atomic mass is 16.2. The summed E-state index contributed by atoms with van der Waals surface area (Å²) in [5, 5.41) is 16.8. The third kappa shape index (κ3) is 8.29. The number of amides is 1. The van der Waals surface area contributed by atoms with Crippen molar-refractivity contribution in [3.05, 3.63) is 122 Å². The van der Waals surface area contributed by atoms with Crippen LogP contribution in [-0.2, 0) is 29.8 Å². The fraction of sp³-hybridized carbons (Fsp3) is 0.611. The van der Waals surface area contributed by atoms with E-state index in [9.17, 15) is 14.4 Å². The van der Waals surface area contributed by atoms with Gasteiger partial charge in [-0.05, 0) is 136 Å². The molecule has 10 aliphatic rings. The first kappa shape index (κ1) is 43.3. The number of aromatic amines is 2. The third-order valence-corrected chi connectivity index (χ3v) is 18.2. The highest BCUT2D eigenvalue weighted by Gasteiger charge is 2.55. The van der Waals surface area contributed by atoms with Gasteiger partial charge in [-0.1, -0.05) is 74.5 Å². The minimum Gasteiger partial charge on any atom is -0.350 e. The highest BCUT2D eigenvalue weighted by molar-refractivity contribution is 5.83. The van der Waals surface area contributed by atoms with E-state index in [-0.39, 0.29) is 46.2 Å². The predicted octanol–water partition coefficient (Wildman–Crippen LogP) is 7.35. The Labute approximate surface area is 393 Å². The molecular formula is C54H68N10O3. The molecule has 15 rings (SSSR count). The van der Waals surface area contributed by atoms with E-state index in [1.54, 1.807) is 6.20 Å². The van der Waals surface area contributed by atoms with Crippen molar-refractivity contribution in [2.75, 3.05) is 26.2 Å². The number of fused-ring (bicyclic) bond motifs is 1. The fourth-order valence-electron chi connectivity index (χ4n) is 16.0. The Hall–Kier alpha value is -5.01. The maximum Gasteiger partial charge on any atom is 0.276 e. The molecule has 8 bridgehead atoms. The van der Waals surface area contributed by atoms with Gasteiger partial charge in [0.1, 0.15) is 23.2 Å². The van der Waals surface area contributed by atoms with E-state index in [1.165, 1.54) is 68.9 Å². The molecule has 1 amide bonds. The van der Waals surface area contributed by atoms with Gasteiger partial charge in [0.2, 0.25) is 5.91 Å². The Bertz CT molecular complexity index is 2660. The van der Waals surface area contributed by atoms with E-state index in [4.69, 9.17) is 10.1 Å². The van der Waals surface area contributed by atoms with E-state index in [1.807, 2.05) is 10.6 Å². The topological polar surface area (TPSA) is 157 Å². The van der Waals surface area contributed by atoms with Gasteiger partial charge in [0, 0.05) is 61.9 Å². The molecule has 3 aromatic heterocycles. The fourth-order valence-corrected chi connectivity index (χ4v) is 16.0. The number of aromatic nitrogens is 7. The van der Waals surface area contributed by atoms with Gasteiger partial charge in [0.05, 0.1) is 12.7 Å². The Morgan fingerprint density at radius 3 is 1.66 bits per heavy atom. The first-order valence-corrected chi connectivity index (χ1v) is 25.8. The first-order valence-electron chi connectivity index (χ1n) is 25.8. The van der Waals surface area contributed by atoms with Crippen molar-refractivity contribution in [2.45, 2.75) is 128 Å². The van der Waals surface area contributed by atoms with Crippen LogP contribution in [0.25, 0.3) is 5.52 Å². The van der Waals surface area contributed by atoms with Crippen molar-refractivity contribution in [1.29, 1.82) is 0 Å². The molecule has 5 heterocycles. The second-order valence-corrected chi connectivity index (χ2v) is 23.3. The van der Waals surface area contributed by atoms with Gasteiger partial charge in [0.25, 0.3) is 11.1 Å². The number of nitrogens with zero attached hydrogens (tertiary/aromatic N) is 7. The summed E-state index contributed by atoms with van der Waals surface area (Å²) in [6, 6.07) is 21.1. The highest BCUT2D eigenvalue weighted by Crippen LogP contribution is 2.61. The Balaban J connectivity index is 0.000000140. The van der Waals surface area contributed by atoms with Crippen LogP contribution in [0, 0.1) is 52.8 Å². The lowest BCUT2D eigenvalue weighted by molar-refractivity contribution is -0.146. The molecule has 2 aliphatic heterocycles. The molecule has 8 saturated carbocycles. The van der Waals surface area contributed by atoms with Crippen molar-refractivity contribution in [3.63, 3.8) is 0 Å². The monoisotopic (exact) mass is 905 g/mol. The summed E-state index contributed by atoms with van der Waals surface area (Å²) in [5.41, 5.74) is 3.17. The zero-order chi connectivity index (χ0) is 45.4. The maximum absolute atomic E-state index is 13.2. The predicted molar refractivity (Wildman–Crippen MR) is 256 cm³/mol. The van der Waals surface area contributed by atoms with Gasteiger partial charge >= 0.3 is 0 Å². The Morgan fingerprint density at radius 2 is 1.13 bits per heavy atom. The molecule has 0 radical (unpaired) electrons. The van der Waals surface area contributed by atoms with Crippen LogP contribution in [0.3, 0.4) is 0 Å². The molecule has 8 aliphatic carbocycles. The maximum atomic E-state index is 13.2. The summed E-state index contributed by atoms with van der Waals surface area (Å²) in [6.07, 6.45) is 16.6. The molecule has 5 aromatic rings. The lowest BCUT2D eigenvalue weighted by Gasteiger charge is -2.56. The molecule has 13 nitrogen and oxygen atoms in total. The molecule has 10 fully saturated rings. The van der Waals surface area contributed by atoms with Crippen molar-refractivity contribution >= 4 is 11.4 Å². The van der Waals surface area contributed by atoms with Gasteiger partial charge in [0.15, 0.2) is 5.52 Å². The number of carbonyl (C=O) groups is 1. The number of imidazole rings is 1. The molecule has 2 aromatic carbocycles. The Kier molecular flexibility index (Phi) is 11.1. The van der Waals surface area contributed by atoms with Crippen LogP contribution in [-0.4, -0.2) is 76.6 Å². The molecular weight excluding hydrogens is 837 g/mol. The molecule has 352 valence electrons. The smallest absolute Gasteiger partial charge is 0.276 e. The average Bonchev–Trinajstić information content (AvgIpc) is 4.02. The second kappa shape index (κ2) is 17.2. The zero-order valence-electron chi connectivity index (χ0n) is 39.4. The lowest BCUT2D eigenvalue weighted by atomic mass is 9.49. The number of H-pyrrole nitrogens is 2. The number of benzene rings is 2. The van der Waals surface area contributed by atoms with Crippen LogP contribution < -0.4 is 16.4 Å². The van der Waals surface area contributed by atoms with Crippen LogP contribution in [0.5, 0.6) is 0 Å². The third-order valence-electron chi connectivity index (χ3n) is 18.2. The van der Waals surface area contributed by atoms with Crippen molar-refractivity contribution < 1.29 is 4.79 Å². The minimum atomic E-state index is -0.232. The largest absolute Gasteiger partial charge is 0.350 e. The van der Waals surface area contributed by atoms with Gasteiger partial charge in [-0.2, -0.15) is 5.10 Å². The van der Waals surface area contributed by atoms with Gasteiger partial charge < -0.3 is 15.3 Å². The van der Waals surface area contributed by atoms with Crippen LogP contribution in [0.15, 0.2) is 76.4 Å². The molecule has 0 spiro atoms.